The molecule has 0 spiro atoms. The van der Waals surface area contributed by atoms with Gasteiger partial charge >= 0.3 is 0 Å². The number of nitrogens with two attached hydrogens (primary N) is 2. The van der Waals surface area contributed by atoms with E-state index in [1.807, 2.05) is 0 Å². The molecular formula is C7H13N5O2. The van der Waals surface area contributed by atoms with Crippen LogP contribution in [-0.2, 0) is 0 Å². The number of rotatable bonds is 4. The number of hydrogen-bond acceptors (Lipinski definition) is 7. The number of nitrogens with zero attached hydrogens (tertiary/aromatic N) is 2. The molecule has 0 aliphatic carbocycles. The fourth-order valence-corrected chi connectivity index (χ4v) is 0.863. The zero-order valence-corrected chi connectivity index (χ0v) is 7.51. The first-order valence-corrected chi connectivity index (χ1v) is 4.04. The molecule has 1 rings (SSSR count). The summed E-state index contributed by atoms with van der Waals surface area (Å²) in [5, 5.41) is 20.3. The van der Waals surface area contributed by atoms with Gasteiger partial charge in [0.15, 0.2) is 0 Å². The summed E-state index contributed by atoms with van der Waals surface area (Å²) >= 11 is 0. The second kappa shape index (κ2) is 4.58. The van der Waals surface area contributed by atoms with Gasteiger partial charge in [-0.1, -0.05) is 0 Å². The van der Waals surface area contributed by atoms with Crippen molar-refractivity contribution in [1.82, 2.24) is 9.97 Å². The highest BCUT2D eigenvalue weighted by Crippen LogP contribution is 2.08. The third-order valence-corrected chi connectivity index (χ3v) is 1.49. The van der Waals surface area contributed by atoms with E-state index in [2.05, 4.69) is 15.3 Å². The van der Waals surface area contributed by atoms with Gasteiger partial charge in [-0.3, -0.25) is 0 Å². The number of hydrogen-bond donors (Lipinski definition) is 5. The van der Waals surface area contributed by atoms with Crippen LogP contribution in [0.5, 0.6) is 0 Å². The van der Waals surface area contributed by atoms with Crippen molar-refractivity contribution < 1.29 is 10.2 Å². The van der Waals surface area contributed by atoms with Gasteiger partial charge in [-0.25, -0.2) is 0 Å². The molecule has 0 saturated heterocycles. The van der Waals surface area contributed by atoms with Crippen LogP contribution in [0.1, 0.15) is 0 Å². The Morgan fingerprint density at radius 1 is 1.43 bits per heavy atom. The molecule has 0 bridgehead atoms. The fourth-order valence-electron chi connectivity index (χ4n) is 0.863. The molecule has 1 aromatic heterocycles. The third kappa shape index (κ3) is 3.04. The molecule has 0 aliphatic heterocycles. The maximum absolute atomic E-state index is 9.04. The monoisotopic (exact) mass is 199 g/mol. The third-order valence-electron chi connectivity index (χ3n) is 1.49. The second-order valence-electron chi connectivity index (χ2n) is 2.75. The van der Waals surface area contributed by atoms with E-state index in [-0.39, 0.29) is 24.9 Å². The Bertz CT molecular complexity index is 286. The van der Waals surface area contributed by atoms with Crippen LogP contribution in [0.2, 0.25) is 0 Å². The lowest BCUT2D eigenvalue weighted by molar-refractivity contribution is 0.105. The Hall–Kier alpha value is -1.60. The number of aliphatic hydroxyl groups is 2. The summed E-state index contributed by atoms with van der Waals surface area (Å²) in [6, 6.07) is 1.49. The molecule has 0 radical (unpaired) electrons. The average molecular weight is 199 g/mol. The summed E-state index contributed by atoms with van der Waals surface area (Å²) in [4.78, 5) is 7.50. The van der Waals surface area contributed by atoms with Crippen molar-refractivity contribution in [3.8, 4) is 0 Å². The highest BCUT2D eigenvalue weighted by Gasteiger charge is 2.03. The summed E-state index contributed by atoms with van der Waals surface area (Å²) in [6.45, 7) is -0.143. The highest BCUT2D eigenvalue weighted by atomic mass is 16.3. The van der Waals surface area contributed by atoms with E-state index in [4.69, 9.17) is 21.7 Å². The van der Waals surface area contributed by atoms with Crippen molar-refractivity contribution in [1.29, 1.82) is 0 Å². The predicted octanol–water partition coefficient (Wildman–Crippen LogP) is -1.59. The minimum atomic E-state index is -0.840. The number of aromatic nitrogens is 2. The molecule has 7 heteroatoms. The number of nitrogens with one attached hydrogen (secondary N) is 1. The molecule has 1 atom stereocenters. The molecule has 0 fully saturated rings. The van der Waals surface area contributed by atoms with E-state index in [1.165, 1.54) is 6.07 Å². The maximum atomic E-state index is 9.04. The lowest BCUT2D eigenvalue weighted by Gasteiger charge is -2.09. The first-order valence-electron chi connectivity index (χ1n) is 4.04. The van der Waals surface area contributed by atoms with Gasteiger partial charge in [0.2, 0.25) is 5.95 Å². The molecule has 1 heterocycles. The number of nitrogen functional groups attached to an aromatic ring is 2. The van der Waals surface area contributed by atoms with Crippen LogP contribution >= 0.6 is 0 Å². The summed E-state index contributed by atoms with van der Waals surface area (Å²) in [5.74, 6) is 0.729. The van der Waals surface area contributed by atoms with Gasteiger partial charge in [0.25, 0.3) is 0 Å². The molecule has 7 N–H and O–H groups in total. The lowest BCUT2D eigenvalue weighted by Crippen LogP contribution is -2.23. The van der Waals surface area contributed by atoms with Crippen molar-refractivity contribution in [2.45, 2.75) is 6.10 Å². The smallest absolute Gasteiger partial charge is 0.223 e. The quantitative estimate of drug-likeness (QED) is 0.395. The molecule has 0 aromatic carbocycles. The molecule has 0 aliphatic rings. The fraction of sp³-hybridized carbons (Fsp3) is 0.429. The van der Waals surface area contributed by atoms with Gasteiger partial charge in [-0.15, -0.1) is 0 Å². The van der Waals surface area contributed by atoms with E-state index in [0.717, 1.165) is 0 Å². The molecule has 0 amide bonds. The van der Waals surface area contributed by atoms with Crippen molar-refractivity contribution in [2.24, 2.45) is 0 Å². The van der Waals surface area contributed by atoms with Crippen LogP contribution in [0, 0.1) is 0 Å². The van der Waals surface area contributed by atoms with E-state index < -0.39 is 6.10 Å². The summed E-state index contributed by atoms with van der Waals surface area (Å²) in [5.41, 5.74) is 10.8. The minimum absolute atomic E-state index is 0.0611. The summed E-state index contributed by atoms with van der Waals surface area (Å²) in [7, 11) is 0. The topological polar surface area (TPSA) is 130 Å². The first-order chi connectivity index (χ1) is 6.61. The second-order valence-corrected chi connectivity index (χ2v) is 2.75. The van der Waals surface area contributed by atoms with Gasteiger partial charge in [0, 0.05) is 12.6 Å². The molecule has 78 valence electrons. The zero-order chi connectivity index (χ0) is 10.6. The van der Waals surface area contributed by atoms with Crippen molar-refractivity contribution in [3.05, 3.63) is 6.07 Å². The Labute approximate surface area is 80.8 Å². The molecule has 0 saturated carbocycles. The largest absolute Gasteiger partial charge is 0.394 e. The Kier molecular flexibility index (Phi) is 3.43. The van der Waals surface area contributed by atoms with E-state index >= 15 is 0 Å². The Morgan fingerprint density at radius 3 is 2.71 bits per heavy atom. The molecule has 7 nitrogen and oxygen atoms in total. The average Bonchev–Trinajstić information content (AvgIpc) is 2.12. The molecule has 14 heavy (non-hydrogen) atoms. The van der Waals surface area contributed by atoms with Gasteiger partial charge in [0.1, 0.15) is 11.6 Å². The number of anilines is 3. The van der Waals surface area contributed by atoms with Crippen LogP contribution in [0.3, 0.4) is 0 Å². The standard InChI is InChI=1S/C7H13N5O2/c8-5-1-6(12-7(9)11-5)10-2-4(14)3-13/h1,4,13-14H,2-3H2,(H5,8,9,10,11,12). The highest BCUT2D eigenvalue weighted by molar-refractivity contribution is 5.48. The van der Waals surface area contributed by atoms with Crippen molar-refractivity contribution in [2.75, 3.05) is 29.9 Å². The lowest BCUT2D eigenvalue weighted by atomic mass is 10.4. The van der Waals surface area contributed by atoms with Crippen LogP contribution in [-0.4, -0.2) is 39.4 Å². The Balaban J connectivity index is 2.58. The zero-order valence-electron chi connectivity index (χ0n) is 7.51. The van der Waals surface area contributed by atoms with Gasteiger partial charge < -0.3 is 27.0 Å². The SMILES string of the molecule is Nc1cc(NCC(O)CO)nc(N)n1. The van der Waals surface area contributed by atoms with Crippen molar-refractivity contribution >= 4 is 17.6 Å². The van der Waals surface area contributed by atoms with E-state index in [1.54, 1.807) is 0 Å². The maximum Gasteiger partial charge on any atom is 0.223 e. The van der Waals surface area contributed by atoms with E-state index in [9.17, 15) is 0 Å². The normalized spacial score (nSPS) is 12.4. The Morgan fingerprint density at radius 2 is 2.14 bits per heavy atom. The van der Waals surface area contributed by atoms with Gasteiger partial charge in [-0.2, -0.15) is 9.97 Å². The molecule has 1 unspecified atom stereocenters. The summed E-state index contributed by atoms with van der Waals surface area (Å²) in [6.07, 6.45) is -0.840. The summed E-state index contributed by atoms with van der Waals surface area (Å²) < 4.78 is 0. The van der Waals surface area contributed by atoms with Crippen LogP contribution in [0.15, 0.2) is 6.07 Å². The predicted molar refractivity (Wildman–Crippen MR) is 52.4 cm³/mol. The van der Waals surface area contributed by atoms with E-state index in [0.29, 0.717) is 5.82 Å². The first kappa shape index (κ1) is 10.5. The molecule has 1 aromatic rings. The van der Waals surface area contributed by atoms with Crippen LogP contribution in [0.4, 0.5) is 17.6 Å². The molecular weight excluding hydrogens is 186 g/mol. The minimum Gasteiger partial charge on any atom is -0.394 e. The van der Waals surface area contributed by atoms with Crippen LogP contribution in [0.25, 0.3) is 0 Å². The number of aliphatic hydroxyl groups excluding tert-OH is 2. The van der Waals surface area contributed by atoms with Gasteiger partial charge in [0.05, 0.1) is 12.7 Å². The van der Waals surface area contributed by atoms with Crippen LogP contribution < -0.4 is 16.8 Å². The van der Waals surface area contributed by atoms with Gasteiger partial charge in [-0.05, 0) is 0 Å². The van der Waals surface area contributed by atoms with Crippen molar-refractivity contribution in [3.63, 3.8) is 0 Å².